The monoisotopic (exact) mass is 792 g/mol. The van der Waals surface area contributed by atoms with E-state index in [0.29, 0.717) is 5.69 Å². The van der Waals surface area contributed by atoms with Gasteiger partial charge in [0.15, 0.2) is 0 Å². The number of carboxylic acid groups (broad SMARTS) is 2. The van der Waals surface area contributed by atoms with Crippen LogP contribution in [0, 0.1) is 43.8 Å². The van der Waals surface area contributed by atoms with Crippen LogP contribution in [0.25, 0.3) is 20.8 Å². The second-order valence-corrected chi connectivity index (χ2v) is 9.86. The van der Waals surface area contributed by atoms with Crippen molar-refractivity contribution in [2.75, 3.05) is 0 Å². The predicted octanol–water partition coefficient (Wildman–Crippen LogP) is 6.56. The molecule has 3 N–H and O–H groups in total. The summed E-state index contributed by atoms with van der Waals surface area (Å²) in [5, 5.41) is 46.1. The molecule has 0 spiro atoms. The Morgan fingerprint density at radius 3 is 2.11 bits per heavy atom. The van der Waals surface area contributed by atoms with Crippen molar-refractivity contribution in [3.05, 3.63) is 105 Å². The van der Waals surface area contributed by atoms with Crippen molar-refractivity contribution in [3.63, 3.8) is 0 Å². The molecule has 0 amide bonds. The van der Waals surface area contributed by atoms with E-state index in [-0.39, 0.29) is 48.4 Å². The van der Waals surface area contributed by atoms with E-state index in [1.54, 1.807) is 41.0 Å². The van der Waals surface area contributed by atoms with Gasteiger partial charge < -0.3 is 53.8 Å². The smallest absolute Gasteiger partial charge is 0.697 e. The molecule has 0 aliphatic rings. The van der Waals surface area contributed by atoms with E-state index in [4.69, 9.17) is 26.6 Å². The molecule has 234 valence electrons. The van der Waals surface area contributed by atoms with Gasteiger partial charge in [0.05, 0.1) is 16.0 Å². The minimum Gasteiger partial charge on any atom is -0.697 e. The van der Waals surface area contributed by atoms with Gasteiger partial charge >= 0.3 is 31.4 Å². The van der Waals surface area contributed by atoms with E-state index in [1.165, 1.54) is 50.0 Å². The SMILES string of the molecule is CC.N#C[S-].N#C[S-].N#C[S-].[NH-]/C(=C\C(=C/Cc1cc(C#Cc2cc3sccc3s2)ccn1)C(=O)O)c1cc(C(=O)O)ccn1.[Ru+4]. The first-order valence-electron chi connectivity index (χ1n) is 12.2. The maximum Gasteiger partial charge on any atom is 4.00 e. The van der Waals surface area contributed by atoms with Crippen LogP contribution in [0.3, 0.4) is 0 Å². The van der Waals surface area contributed by atoms with Crippen LogP contribution >= 0.6 is 22.7 Å². The number of hydrogen-bond acceptors (Lipinski definition) is 12. The Morgan fingerprint density at radius 2 is 1.54 bits per heavy atom. The molecule has 0 saturated heterocycles. The second kappa shape index (κ2) is 25.8. The number of hydrogen-bond donors (Lipinski definition) is 2. The Morgan fingerprint density at radius 1 is 0.935 bits per heavy atom. The summed E-state index contributed by atoms with van der Waals surface area (Å²) in [5.41, 5.74) is 9.22. The Balaban J connectivity index is 0. The fourth-order valence-corrected chi connectivity index (χ4v) is 4.95. The summed E-state index contributed by atoms with van der Waals surface area (Å²) in [6.45, 7) is 4.00. The van der Waals surface area contributed by atoms with Crippen LogP contribution in [0.2, 0.25) is 0 Å². The molecule has 4 aromatic heterocycles. The minimum atomic E-state index is -1.22. The van der Waals surface area contributed by atoms with Crippen LogP contribution in [0.1, 0.15) is 46.0 Å². The zero-order valence-electron chi connectivity index (χ0n) is 23.9. The van der Waals surface area contributed by atoms with Gasteiger partial charge in [0, 0.05) is 45.2 Å². The van der Waals surface area contributed by atoms with Crippen molar-refractivity contribution in [3.8, 4) is 28.0 Å². The number of aromatic nitrogens is 2. The molecule has 0 fully saturated rings. The average molecular weight is 792 g/mol. The van der Waals surface area contributed by atoms with Crippen molar-refractivity contribution in [1.82, 2.24) is 9.97 Å². The molecule has 0 aliphatic heterocycles. The number of rotatable bonds is 6. The molecule has 0 bridgehead atoms. The zero-order valence-corrected chi connectivity index (χ0v) is 29.7. The van der Waals surface area contributed by atoms with Gasteiger partial charge in [-0.1, -0.05) is 54.0 Å². The van der Waals surface area contributed by atoms with E-state index in [2.05, 4.69) is 77.2 Å². The molecule has 0 radical (unpaired) electrons. The summed E-state index contributed by atoms with van der Waals surface area (Å²) in [6, 6.07) is 10.2. The van der Waals surface area contributed by atoms with Crippen LogP contribution in [0.5, 0.6) is 0 Å². The molecule has 4 aromatic rings. The molecule has 0 unspecified atom stereocenters. The fraction of sp³-hybridized carbons (Fsp3) is 0.100. The molecule has 16 heteroatoms. The number of nitriles is 3. The topological polar surface area (TPSA) is 196 Å². The Kier molecular flexibility index (Phi) is 24.4. The summed E-state index contributed by atoms with van der Waals surface area (Å²) in [5.74, 6) is 3.91. The van der Waals surface area contributed by atoms with Crippen molar-refractivity contribution in [1.29, 1.82) is 15.8 Å². The number of carbonyl (C=O) groups is 2. The summed E-state index contributed by atoms with van der Waals surface area (Å²) in [4.78, 5) is 32.0. The van der Waals surface area contributed by atoms with E-state index in [1.807, 2.05) is 13.8 Å². The predicted molar refractivity (Wildman–Crippen MR) is 183 cm³/mol. The molecule has 4 heterocycles. The first kappa shape index (κ1) is 43.6. The van der Waals surface area contributed by atoms with Gasteiger partial charge in [0.1, 0.15) is 0 Å². The standard InChI is InChI=1S/C25H16N3O4S2.C2H6.3CHNS.Ru/c26-20(21-13-17(25(31)32)6-9-28-21)12-16(24(29)30)2-3-18-11-15(5-8-27-18)1-4-19-14-23-22(34-19)7-10-33-23;1-2;3*2-1-3;/h2,5-14,26H,3H2,(H,29,30)(H,31,32);1-2H3;3*3H;/q-1;;;;;+4/p-3/b16-2+,20-12-;;;;;. The molecule has 46 heavy (non-hydrogen) atoms. The quantitative estimate of drug-likeness (QED) is 0.0534. The molecule has 10 nitrogen and oxygen atoms in total. The number of nitrogens with one attached hydrogen (secondary N) is 1. The van der Waals surface area contributed by atoms with Crippen molar-refractivity contribution in [2.24, 2.45) is 0 Å². The third kappa shape index (κ3) is 16.5. The zero-order chi connectivity index (χ0) is 34.2. The second-order valence-electron chi connectivity index (χ2n) is 7.28. The molecule has 4 rings (SSSR count). The molecule has 0 saturated carbocycles. The van der Waals surface area contributed by atoms with Crippen LogP contribution in [0.4, 0.5) is 0 Å². The Labute approximate surface area is 303 Å². The van der Waals surface area contributed by atoms with Gasteiger partial charge in [-0.2, -0.15) is 0 Å². The van der Waals surface area contributed by atoms with Gasteiger partial charge in [0.2, 0.25) is 0 Å². The van der Waals surface area contributed by atoms with E-state index in [9.17, 15) is 14.7 Å². The van der Waals surface area contributed by atoms with E-state index >= 15 is 0 Å². The summed E-state index contributed by atoms with van der Waals surface area (Å²) >= 11 is 14.4. The number of carboxylic acids is 2. The Bertz CT molecular complexity index is 1770. The summed E-state index contributed by atoms with van der Waals surface area (Å²) in [7, 11) is 0. The summed E-state index contributed by atoms with van der Waals surface area (Å²) in [6.07, 6.45) is 5.69. The number of allylic oxidation sites excluding steroid dienone is 1. The third-order valence-corrected chi connectivity index (χ3v) is 6.66. The number of nitrogens with zero attached hydrogens (tertiary/aromatic N) is 5. The molecule has 0 aromatic carbocycles. The van der Waals surface area contributed by atoms with Crippen molar-refractivity contribution in [2.45, 2.75) is 20.3 Å². The fourth-order valence-electron chi connectivity index (χ4n) is 2.99. The largest absolute Gasteiger partial charge is 4.00 e. The van der Waals surface area contributed by atoms with Gasteiger partial charge in [-0.25, -0.2) is 25.4 Å². The van der Waals surface area contributed by atoms with Crippen molar-refractivity contribution < 1.29 is 39.3 Å². The van der Waals surface area contributed by atoms with Crippen LogP contribution < -0.4 is 0 Å². The maximum absolute atomic E-state index is 11.7. The number of fused-ring (bicyclic) bond motifs is 1. The molecule has 0 aliphatic carbocycles. The number of aliphatic carboxylic acids is 1. The molecular formula is C30H22N6O4RuS5. The third-order valence-electron chi connectivity index (χ3n) is 4.65. The molecular weight excluding hydrogens is 770 g/mol. The van der Waals surface area contributed by atoms with Crippen LogP contribution in [-0.2, 0) is 68.6 Å². The van der Waals surface area contributed by atoms with Crippen LogP contribution in [0.15, 0.2) is 71.9 Å². The van der Waals surface area contributed by atoms with Gasteiger partial charge in [-0.05, 0) is 41.8 Å². The number of thiophene rings is 2. The van der Waals surface area contributed by atoms with E-state index in [0.717, 1.165) is 16.5 Å². The van der Waals surface area contributed by atoms with Crippen LogP contribution in [-0.4, -0.2) is 32.1 Å². The van der Waals surface area contributed by atoms with Gasteiger partial charge in [0.25, 0.3) is 0 Å². The Hall–Kier alpha value is -4.51. The minimum absolute atomic E-state index is 0. The average Bonchev–Trinajstić information content (AvgIpc) is 3.63. The number of thiocyanates is 3. The van der Waals surface area contributed by atoms with Gasteiger partial charge in [-0.3, -0.25) is 9.97 Å². The maximum atomic E-state index is 11.7. The van der Waals surface area contributed by atoms with Gasteiger partial charge in [-0.15, -0.1) is 28.4 Å². The first-order valence-corrected chi connectivity index (χ1v) is 15.1. The first-order chi connectivity index (χ1) is 21.6. The number of pyridine rings is 2. The molecule has 0 atom stereocenters. The van der Waals surface area contributed by atoms with E-state index < -0.39 is 11.9 Å². The normalized spacial score (nSPS) is 9.28. The summed E-state index contributed by atoms with van der Waals surface area (Å²) < 4.78 is 2.42. The van der Waals surface area contributed by atoms with Crippen molar-refractivity contribution >= 4 is 87.6 Å². The number of aromatic carboxylic acids is 1.